The van der Waals surface area contributed by atoms with Gasteiger partial charge in [-0.15, -0.1) is 0 Å². The normalized spacial score (nSPS) is 15.5. The van der Waals surface area contributed by atoms with E-state index in [2.05, 4.69) is 0 Å². The average Bonchev–Trinajstić information content (AvgIpc) is 2.72. The van der Waals surface area contributed by atoms with Gasteiger partial charge in [0.05, 0.1) is 26.9 Å². The minimum atomic E-state index is -0.347. The molecule has 0 aliphatic carbocycles. The maximum absolute atomic E-state index is 11.9. The second kappa shape index (κ2) is 7.67. The van der Waals surface area contributed by atoms with Crippen molar-refractivity contribution in [3.63, 3.8) is 0 Å². The summed E-state index contributed by atoms with van der Waals surface area (Å²) in [4.78, 5) is 13.1. The number of aryl methyl sites for hydroxylation is 1. The Kier molecular flexibility index (Phi) is 5.07. The van der Waals surface area contributed by atoms with Crippen LogP contribution in [0.3, 0.4) is 0 Å². The van der Waals surface area contributed by atoms with Crippen molar-refractivity contribution in [1.29, 1.82) is 0 Å². The van der Waals surface area contributed by atoms with Crippen molar-refractivity contribution in [3.8, 4) is 23.0 Å². The molecule has 1 unspecified atom stereocenters. The summed E-state index contributed by atoms with van der Waals surface area (Å²) in [5, 5.41) is 0.931. The molecule has 2 heterocycles. The number of fused-ring (bicyclic) bond motifs is 3. The van der Waals surface area contributed by atoms with Gasteiger partial charge in [-0.2, -0.15) is 0 Å². The van der Waals surface area contributed by atoms with Crippen LogP contribution in [0.5, 0.6) is 23.0 Å². The van der Waals surface area contributed by atoms with Gasteiger partial charge in [0.1, 0.15) is 18.8 Å². The van der Waals surface area contributed by atoms with E-state index >= 15 is 0 Å². The Bertz CT molecular complexity index is 1100. The fraction of sp³-hybridized carbons (Fsp3) is 0.318. The molecule has 1 N–H and O–H groups in total. The highest BCUT2D eigenvalue weighted by molar-refractivity contribution is 5.84. The van der Waals surface area contributed by atoms with Gasteiger partial charge < -0.3 is 23.4 Å². The van der Waals surface area contributed by atoms with Gasteiger partial charge in [-0.05, 0) is 36.8 Å². The van der Waals surface area contributed by atoms with Crippen LogP contribution in [0.25, 0.3) is 11.0 Å². The van der Waals surface area contributed by atoms with Gasteiger partial charge >= 0.3 is 5.63 Å². The second-order valence-corrected chi connectivity index (χ2v) is 7.09. The molecule has 29 heavy (non-hydrogen) atoms. The van der Waals surface area contributed by atoms with Crippen molar-refractivity contribution >= 4 is 11.0 Å². The largest absolute Gasteiger partial charge is 0.493 e. The van der Waals surface area contributed by atoms with Gasteiger partial charge in [0.15, 0.2) is 17.1 Å². The first kappa shape index (κ1) is 19.1. The van der Waals surface area contributed by atoms with Crippen LogP contribution in [0, 0.1) is 6.92 Å². The molecule has 0 fully saturated rings. The first-order valence-corrected chi connectivity index (χ1v) is 9.35. The zero-order valence-corrected chi connectivity index (χ0v) is 17.0. The summed E-state index contributed by atoms with van der Waals surface area (Å²) in [7, 11) is 4.79. The van der Waals surface area contributed by atoms with Gasteiger partial charge in [0.25, 0.3) is 0 Å². The van der Waals surface area contributed by atoms with Crippen LogP contribution >= 0.6 is 0 Å². The molecule has 0 radical (unpaired) electrons. The van der Waals surface area contributed by atoms with E-state index in [1.54, 1.807) is 21.3 Å². The van der Waals surface area contributed by atoms with Crippen molar-refractivity contribution in [3.05, 3.63) is 57.4 Å². The number of hydrogen-bond donors (Lipinski definition) is 1. The highest BCUT2D eigenvalue weighted by Crippen LogP contribution is 2.38. The molecule has 0 saturated carbocycles. The molecule has 0 spiro atoms. The molecule has 2 aromatic carbocycles. The lowest BCUT2D eigenvalue weighted by atomic mass is 10.0. The summed E-state index contributed by atoms with van der Waals surface area (Å²) in [6, 6.07) is 9.28. The maximum atomic E-state index is 11.9. The van der Waals surface area contributed by atoms with E-state index in [0.717, 1.165) is 27.8 Å². The molecular formula is C22H24NO6+. The maximum Gasteiger partial charge on any atom is 0.336 e. The molecule has 152 valence electrons. The third-order valence-corrected chi connectivity index (χ3v) is 5.22. The van der Waals surface area contributed by atoms with Crippen LogP contribution in [0.2, 0.25) is 0 Å². The van der Waals surface area contributed by atoms with Crippen molar-refractivity contribution in [2.24, 2.45) is 0 Å². The molecule has 7 nitrogen and oxygen atoms in total. The first-order valence-electron chi connectivity index (χ1n) is 9.35. The van der Waals surface area contributed by atoms with Crippen LogP contribution in [0.15, 0.2) is 39.5 Å². The van der Waals surface area contributed by atoms with Crippen LogP contribution in [0.1, 0.15) is 16.7 Å². The third-order valence-electron chi connectivity index (χ3n) is 5.22. The number of methoxy groups -OCH3 is 3. The Balaban J connectivity index is 1.67. The highest BCUT2D eigenvalue weighted by Gasteiger charge is 2.26. The summed E-state index contributed by atoms with van der Waals surface area (Å²) in [6.45, 7) is 3.78. The molecule has 7 heteroatoms. The van der Waals surface area contributed by atoms with E-state index in [1.165, 1.54) is 11.0 Å². The standard InChI is InChI=1S/C22H23NO6/c1-13-7-20(24)29-21-15(13)5-6-17-16(21)11-23(12-28-17)10-14-8-18(25-2)22(27-4)19(9-14)26-3/h5-9H,10-12H2,1-4H3/p+1. The monoisotopic (exact) mass is 398 g/mol. The molecular weight excluding hydrogens is 374 g/mol. The number of benzene rings is 2. The minimum Gasteiger partial charge on any atom is -0.493 e. The SMILES string of the molecule is COc1cc(C[NH+]2COc3ccc4c(C)cc(=O)oc4c3C2)cc(OC)c1OC. The van der Waals surface area contributed by atoms with Crippen LogP contribution in [-0.2, 0) is 13.1 Å². The fourth-order valence-corrected chi connectivity index (χ4v) is 3.84. The van der Waals surface area contributed by atoms with Gasteiger partial charge in [-0.25, -0.2) is 4.79 Å². The zero-order valence-electron chi connectivity index (χ0n) is 17.0. The molecule has 1 aliphatic heterocycles. The van der Waals surface area contributed by atoms with Gasteiger partial charge in [0.2, 0.25) is 12.5 Å². The number of rotatable bonds is 5. The van der Waals surface area contributed by atoms with E-state index in [9.17, 15) is 4.79 Å². The molecule has 1 atom stereocenters. The van der Waals surface area contributed by atoms with Crippen molar-refractivity contribution in [1.82, 2.24) is 0 Å². The van der Waals surface area contributed by atoms with E-state index in [0.29, 0.717) is 42.7 Å². The second-order valence-electron chi connectivity index (χ2n) is 7.09. The lowest BCUT2D eigenvalue weighted by molar-refractivity contribution is -0.945. The quantitative estimate of drug-likeness (QED) is 0.664. The van der Waals surface area contributed by atoms with E-state index in [-0.39, 0.29) is 5.63 Å². The predicted molar refractivity (Wildman–Crippen MR) is 107 cm³/mol. The van der Waals surface area contributed by atoms with E-state index in [4.69, 9.17) is 23.4 Å². The number of ether oxygens (including phenoxy) is 4. The summed E-state index contributed by atoms with van der Waals surface area (Å²) >= 11 is 0. The van der Waals surface area contributed by atoms with Crippen molar-refractivity contribution in [2.45, 2.75) is 20.0 Å². The Morgan fingerprint density at radius 3 is 2.41 bits per heavy atom. The molecule has 1 aromatic heterocycles. The molecule has 0 saturated heterocycles. The van der Waals surface area contributed by atoms with Crippen LogP contribution < -0.4 is 29.5 Å². The minimum absolute atomic E-state index is 0.347. The van der Waals surface area contributed by atoms with Gasteiger partial charge in [0, 0.05) is 17.0 Å². The smallest absolute Gasteiger partial charge is 0.336 e. The summed E-state index contributed by atoms with van der Waals surface area (Å²) in [5.41, 5.74) is 3.10. The summed E-state index contributed by atoms with van der Waals surface area (Å²) < 4.78 is 27.8. The number of quaternary nitrogens is 1. The number of hydrogen-bond acceptors (Lipinski definition) is 6. The molecule has 4 rings (SSSR count). The number of nitrogens with one attached hydrogen (secondary N) is 1. The van der Waals surface area contributed by atoms with Gasteiger partial charge in [-0.3, -0.25) is 4.90 Å². The zero-order chi connectivity index (χ0) is 20.5. The lowest BCUT2D eigenvalue weighted by Crippen LogP contribution is -3.10. The Labute approximate surface area is 168 Å². The molecule has 0 bridgehead atoms. The summed E-state index contributed by atoms with van der Waals surface area (Å²) in [6.07, 6.45) is 0. The fourth-order valence-electron chi connectivity index (χ4n) is 3.84. The average molecular weight is 398 g/mol. The van der Waals surface area contributed by atoms with Crippen molar-refractivity contribution in [2.75, 3.05) is 28.1 Å². The topological polar surface area (TPSA) is 71.6 Å². The third kappa shape index (κ3) is 3.49. The van der Waals surface area contributed by atoms with E-state index < -0.39 is 0 Å². The lowest BCUT2D eigenvalue weighted by Gasteiger charge is -2.27. The van der Waals surface area contributed by atoms with Crippen LogP contribution in [-0.4, -0.2) is 28.1 Å². The Morgan fingerprint density at radius 1 is 1.03 bits per heavy atom. The molecule has 0 amide bonds. The van der Waals surface area contributed by atoms with Crippen molar-refractivity contribution < 1.29 is 28.3 Å². The molecule has 1 aliphatic rings. The van der Waals surface area contributed by atoms with Gasteiger partial charge in [-0.1, -0.05) is 0 Å². The summed E-state index contributed by atoms with van der Waals surface area (Å²) in [5.74, 6) is 2.57. The van der Waals surface area contributed by atoms with E-state index in [1.807, 2.05) is 31.2 Å². The predicted octanol–water partition coefficient (Wildman–Crippen LogP) is 2.06. The highest BCUT2D eigenvalue weighted by atomic mass is 16.5. The first-order chi connectivity index (χ1) is 14.0. The molecule has 3 aromatic rings. The Morgan fingerprint density at radius 2 is 1.76 bits per heavy atom. The van der Waals surface area contributed by atoms with Crippen LogP contribution in [0.4, 0.5) is 0 Å². The Hall–Kier alpha value is -3.19.